The van der Waals surface area contributed by atoms with Crippen LogP contribution >= 0.6 is 0 Å². The predicted molar refractivity (Wildman–Crippen MR) is 117 cm³/mol. The average Bonchev–Trinajstić information content (AvgIpc) is 2.71. The lowest BCUT2D eigenvalue weighted by Crippen LogP contribution is -2.39. The summed E-state index contributed by atoms with van der Waals surface area (Å²) in [4.78, 5) is 14.2. The molecule has 0 spiro atoms. The molecule has 0 bridgehead atoms. The van der Waals surface area contributed by atoms with E-state index in [-0.39, 0.29) is 24.9 Å². The van der Waals surface area contributed by atoms with E-state index in [1.807, 2.05) is 62.4 Å². The number of nitrogens with one attached hydrogen (secondary N) is 1. The van der Waals surface area contributed by atoms with E-state index in [1.165, 1.54) is 0 Å². The molecular formula is C22H30N2O5S. The van der Waals surface area contributed by atoms with Crippen LogP contribution in [0.3, 0.4) is 0 Å². The largest absolute Gasteiger partial charge is 0.493 e. The average molecular weight is 435 g/mol. The van der Waals surface area contributed by atoms with Gasteiger partial charge in [0.15, 0.2) is 11.5 Å². The van der Waals surface area contributed by atoms with Gasteiger partial charge in [-0.05, 0) is 23.3 Å². The molecule has 2 aromatic rings. The summed E-state index contributed by atoms with van der Waals surface area (Å²) in [6.07, 6.45) is 1.10. The zero-order valence-corrected chi connectivity index (χ0v) is 18.7. The number of carbonyl (C=O) groups excluding carboxylic acids is 1. The van der Waals surface area contributed by atoms with E-state index in [0.29, 0.717) is 24.7 Å². The molecule has 0 saturated carbocycles. The number of hydrogen-bond donors (Lipinski definition) is 1. The molecule has 0 fully saturated rings. The van der Waals surface area contributed by atoms with E-state index in [1.54, 1.807) is 12.0 Å². The molecule has 7 nitrogen and oxygen atoms in total. The Morgan fingerprint density at radius 2 is 1.77 bits per heavy atom. The van der Waals surface area contributed by atoms with Crippen molar-refractivity contribution < 1.29 is 22.7 Å². The summed E-state index contributed by atoms with van der Waals surface area (Å²) in [5.74, 6) is 0.951. The van der Waals surface area contributed by atoms with Crippen LogP contribution in [0.1, 0.15) is 25.0 Å². The molecule has 0 aliphatic heterocycles. The highest BCUT2D eigenvalue weighted by molar-refractivity contribution is 7.88. The van der Waals surface area contributed by atoms with Crippen molar-refractivity contribution in [2.45, 2.75) is 27.0 Å². The Balaban J connectivity index is 2.10. The minimum Gasteiger partial charge on any atom is -0.493 e. The van der Waals surface area contributed by atoms with Gasteiger partial charge in [0.1, 0.15) is 6.61 Å². The van der Waals surface area contributed by atoms with Crippen molar-refractivity contribution in [1.29, 1.82) is 0 Å². The van der Waals surface area contributed by atoms with Gasteiger partial charge in [-0.25, -0.2) is 13.1 Å². The second-order valence-electron chi connectivity index (χ2n) is 7.34. The molecule has 0 saturated heterocycles. The number of ether oxygens (including phenoxy) is 2. The van der Waals surface area contributed by atoms with E-state index in [9.17, 15) is 13.2 Å². The van der Waals surface area contributed by atoms with Gasteiger partial charge < -0.3 is 14.4 Å². The third-order valence-corrected chi connectivity index (χ3v) is 5.12. The Bertz CT molecular complexity index is 930. The fourth-order valence-corrected chi connectivity index (χ4v) is 3.35. The van der Waals surface area contributed by atoms with Crippen molar-refractivity contribution in [3.8, 4) is 11.5 Å². The Hall–Kier alpha value is -2.58. The van der Waals surface area contributed by atoms with Crippen LogP contribution in [0, 0.1) is 5.92 Å². The van der Waals surface area contributed by atoms with E-state index in [2.05, 4.69) is 4.72 Å². The fourth-order valence-electron chi connectivity index (χ4n) is 2.88. The minimum atomic E-state index is -3.31. The highest BCUT2D eigenvalue weighted by Gasteiger charge is 2.18. The summed E-state index contributed by atoms with van der Waals surface area (Å²) in [5.41, 5.74) is 1.92. The van der Waals surface area contributed by atoms with Crippen LogP contribution in [0.15, 0.2) is 48.5 Å². The third-order valence-electron chi connectivity index (χ3n) is 4.39. The van der Waals surface area contributed by atoms with Gasteiger partial charge in [0.25, 0.3) is 0 Å². The maximum absolute atomic E-state index is 12.6. The van der Waals surface area contributed by atoms with Crippen molar-refractivity contribution in [3.05, 3.63) is 59.7 Å². The molecule has 2 rings (SSSR count). The number of methoxy groups -OCH3 is 1. The van der Waals surface area contributed by atoms with Gasteiger partial charge in [-0.15, -0.1) is 0 Å². The normalized spacial score (nSPS) is 11.4. The zero-order chi connectivity index (χ0) is 22.1. The van der Waals surface area contributed by atoms with E-state index in [0.717, 1.165) is 17.4 Å². The summed E-state index contributed by atoms with van der Waals surface area (Å²) >= 11 is 0. The first-order valence-electron chi connectivity index (χ1n) is 9.76. The van der Waals surface area contributed by atoms with Gasteiger partial charge in [-0.3, -0.25) is 4.79 Å². The van der Waals surface area contributed by atoms with Crippen LogP contribution in [-0.4, -0.2) is 45.7 Å². The molecule has 0 aromatic heterocycles. The van der Waals surface area contributed by atoms with Crippen molar-refractivity contribution in [3.63, 3.8) is 0 Å². The first-order valence-corrected chi connectivity index (χ1v) is 11.7. The van der Waals surface area contributed by atoms with Crippen LogP contribution in [0.25, 0.3) is 0 Å². The number of hydrogen-bond acceptors (Lipinski definition) is 5. The van der Waals surface area contributed by atoms with Crippen LogP contribution in [0.5, 0.6) is 11.5 Å². The molecule has 1 N–H and O–H groups in total. The first kappa shape index (κ1) is 23.7. The van der Waals surface area contributed by atoms with E-state index in [4.69, 9.17) is 9.47 Å². The number of sulfonamides is 1. The van der Waals surface area contributed by atoms with Crippen molar-refractivity contribution in [1.82, 2.24) is 9.62 Å². The van der Waals surface area contributed by atoms with Gasteiger partial charge in [0.2, 0.25) is 15.9 Å². The quantitative estimate of drug-likeness (QED) is 0.588. The maximum Gasteiger partial charge on any atom is 0.225 e. The smallest absolute Gasteiger partial charge is 0.225 e. The lowest BCUT2D eigenvalue weighted by Gasteiger charge is -2.25. The number of nitrogens with zero attached hydrogens (tertiary/aromatic N) is 1. The number of rotatable bonds is 11. The van der Waals surface area contributed by atoms with Gasteiger partial charge in [-0.1, -0.05) is 50.2 Å². The van der Waals surface area contributed by atoms with Gasteiger partial charge in [0, 0.05) is 25.6 Å². The highest BCUT2D eigenvalue weighted by Crippen LogP contribution is 2.29. The number of carbonyl (C=O) groups is 1. The van der Waals surface area contributed by atoms with Crippen LogP contribution in [0.4, 0.5) is 0 Å². The van der Waals surface area contributed by atoms with Crippen LogP contribution in [0.2, 0.25) is 0 Å². The molecule has 0 atom stereocenters. The van der Waals surface area contributed by atoms with Gasteiger partial charge >= 0.3 is 0 Å². The van der Waals surface area contributed by atoms with E-state index >= 15 is 0 Å². The number of amides is 1. The van der Waals surface area contributed by atoms with Crippen LogP contribution < -0.4 is 14.2 Å². The predicted octanol–water partition coefficient (Wildman–Crippen LogP) is 2.81. The van der Waals surface area contributed by atoms with Crippen molar-refractivity contribution in [2.24, 2.45) is 5.92 Å². The standard InChI is InChI=1S/C22H30N2O5S/c1-17(2)22(25)24(13-12-23-30(4,26)27)15-19-10-11-20(21(14-19)28-3)29-16-18-8-6-5-7-9-18/h5-11,14,17,23H,12-13,15-16H2,1-4H3. The van der Waals surface area contributed by atoms with Crippen molar-refractivity contribution >= 4 is 15.9 Å². The van der Waals surface area contributed by atoms with Crippen LogP contribution in [-0.2, 0) is 28.0 Å². The molecule has 1 amide bonds. The number of benzene rings is 2. The molecule has 30 heavy (non-hydrogen) atoms. The van der Waals surface area contributed by atoms with Crippen molar-refractivity contribution in [2.75, 3.05) is 26.5 Å². The maximum atomic E-state index is 12.6. The molecular weight excluding hydrogens is 404 g/mol. The van der Waals surface area contributed by atoms with Gasteiger partial charge in [0.05, 0.1) is 13.4 Å². The Morgan fingerprint density at radius 3 is 2.37 bits per heavy atom. The molecule has 0 heterocycles. The summed E-state index contributed by atoms with van der Waals surface area (Å²) in [7, 11) is -1.74. The second-order valence-corrected chi connectivity index (χ2v) is 9.17. The first-order chi connectivity index (χ1) is 14.2. The molecule has 0 aliphatic rings. The highest BCUT2D eigenvalue weighted by atomic mass is 32.2. The fraction of sp³-hybridized carbons (Fsp3) is 0.409. The topological polar surface area (TPSA) is 84.9 Å². The summed E-state index contributed by atoms with van der Waals surface area (Å²) in [6, 6.07) is 15.4. The SMILES string of the molecule is COc1cc(CN(CCNS(C)(=O)=O)C(=O)C(C)C)ccc1OCc1ccccc1. The Labute approximate surface area is 179 Å². The van der Waals surface area contributed by atoms with E-state index < -0.39 is 10.0 Å². The lowest BCUT2D eigenvalue weighted by molar-refractivity contribution is -0.135. The molecule has 0 unspecified atom stereocenters. The third kappa shape index (κ3) is 7.68. The minimum absolute atomic E-state index is 0.0475. The molecule has 0 radical (unpaired) electrons. The molecule has 8 heteroatoms. The monoisotopic (exact) mass is 434 g/mol. The van der Waals surface area contributed by atoms with Gasteiger partial charge in [-0.2, -0.15) is 0 Å². The Morgan fingerprint density at radius 1 is 1.07 bits per heavy atom. The molecule has 2 aromatic carbocycles. The second kappa shape index (κ2) is 11.0. The molecule has 164 valence electrons. The summed E-state index contributed by atoms with van der Waals surface area (Å²) in [6.45, 7) is 4.84. The zero-order valence-electron chi connectivity index (χ0n) is 17.9. The molecule has 0 aliphatic carbocycles. The lowest BCUT2D eigenvalue weighted by atomic mass is 10.1. The summed E-state index contributed by atoms with van der Waals surface area (Å²) in [5, 5.41) is 0. The summed E-state index contributed by atoms with van der Waals surface area (Å²) < 4.78 is 36.4. The Kier molecular flexibility index (Phi) is 8.68.